The van der Waals surface area contributed by atoms with Crippen LogP contribution in [-0.4, -0.2) is 18.2 Å². The molecule has 0 aromatic heterocycles. The molecule has 0 amide bonds. The lowest BCUT2D eigenvalue weighted by molar-refractivity contribution is 0.0696. The summed E-state index contributed by atoms with van der Waals surface area (Å²) in [5.41, 5.74) is 3.73. The quantitative estimate of drug-likeness (QED) is 0.509. The van der Waals surface area contributed by atoms with Gasteiger partial charge in [-0.3, -0.25) is 0 Å². The van der Waals surface area contributed by atoms with Crippen LogP contribution in [0.3, 0.4) is 0 Å². The van der Waals surface area contributed by atoms with Crippen molar-refractivity contribution in [2.24, 2.45) is 0 Å². The number of benzene rings is 3. The Morgan fingerprint density at radius 2 is 1.83 bits per heavy atom. The summed E-state index contributed by atoms with van der Waals surface area (Å²) in [6.07, 6.45) is 0. The maximum atomic E-state index is 11.3. The van der Waals surface area contributed by atoms with Crippen molar-refractivity contribution >= 4 is 23.3 Å². The van der Waals surface area contributed by atoms with Crippen LogP contribution in [0.5, 0.6) is 11.5 Å². The number of hydrogen-bond donors (Lipinski definition) is 2. The maximum absolute atomic E-state index is 11.3. The van der Waals surface area contributed by atoms with Gasteiger partial charge in [-0.05, 0) is 60.0 Å². The Kier molecular flexibility index (Phi) is 6.62. The molecule has 0 aliphatic carbocycles. The van der Waals surface area contributed by atoms with Gasteiger partial charge in [0.15, 0.2) is 11.5 Å². The average Bonchev–Trinajstić information content (AvgIpc) is 2.71. The molecule has 3 aromatic rings. The number of halogens is 1. The first kappa shape index (κ1) is 20.6. The van der Waals surface area contributed by atoms with Gasteiger partial charge in [-0.25, -0.2) is 4.79 Å². The monoisotopic (exact) mass is 411 g/mol. The van der Waals surface area contributed by atoms with E-state index < -0.39 is 5.97 Å². The number of hydrogen-bond acceptors (Lipinski definition) is 4. The van der Waals surface area contributed by atoms with Gasteiger partial charge in [0.2, 0.25) is 0 Å². The Hall–Kier alpha value is -3.18. The van der Waals surface area contributed by atoms with E-state index in [0.717, 1.165) is 16.8 Å². The molecule has 0 atom stereocenters. The van der Waals surface area contributed by atoms with Crippen LogP contribution in [0.4, 0.5) is 5.69 Å². The SMILES string of the molecule is COc1cc(CNc2cccc(C(=O)O)c2C)ccc1OCc1cccc(Cl)c1. The molecule has 29 heavy (non-hydrogen) atoms. The van der Waals surface area contributed by atoms with Gasteiger partial charge in [0.25, 0.3) is 0 Å². The molecule has 5 nitrogen and oxygen atoms in total. The number of nitrogens with one attached hydrogen (secondary N) is 1. The van der Waals surface area contributed by atoms with E-state index in [9.17, 15) is 9.90 Å². The number of carbonyl (C=O) groups is 1. The predicted molar refractivity (Wildman–Crippen MR) is 114 cm³/mol. The van der Waals surface area contributed by atoms with E-state index in [0.29, 0.717) is 35.2 Å². The molecule has 3 rings (SSSR count). The van der Waals surface area contributed by atoms with E-state index in [-0.39, 0.29) is 5.56 Å². The lowest BCUT2D eigenvalue weighted by Crippen LogP contribution is -2.06. The van der Waals surface area contributed by atoms with Crippen molar-refractivity contribution in [3.63, 3.8) is 0 Å². The topological polar surface area (TPSA) is 67.8 Å². The molecule has 0 radical (unpaired) electrons. The fourth-order valence-corrected chi connectivity index (χ4v) is 3.20. The highest BCUT2D eigenvalue weighted by molar-refractivity contribution is 6.30. The highest BCUT2D eigenvalue weighted by atomic mass is 35.5. The molecule has 0 spiro atoms. The molecule has 6 heteroatoms. The van der Waals surface area contributed by atoms with Crippen LogP contribution < -0.4 is 14.8 Å². The first-order valence-corrected chi connectivity index (χ1v) is 9.46. The molecule has 0 aliphatic rings. The maximum Gasteiger partial charge on any atom is 0.336 e. The molecule has 0 bridgehead atoms. The number of carboxylic acids is 1. The van der Waals surface area contributed by atoms with Crippen molar-refractivity contribution in [1.29, 1.82) is 0 Å². The zero-order chi connectivity index (χ0) is 20.8. The zero-order valence-corrected chi connectivity index (χ0v) is 17.0. The summed E-state index contributed by atoms with van der Waals surface area (Å²) < 4.78 is 11.3. The number of anilines is 1. The molecule has 0 aliphatic heterocycles. The van der Waals surface area contributed by atoms with Crippen molar-refractivity contribution in [2.45, 2.75) is 20.1 Å². The first-order valence-electron chi connectivity index (χ1n) is 9.09. The summed E-state index contributed by atoms with van der Waals surface area (Å²) in [5.74, 6) is 0.330. The van der Waals surface area contributed by atoms with Crippen molar-refractivity contribution in [1.82, 2.24) is 0 Å². The predicted octanol–water partition coefficient (Wildman–Crippen LogP) is 5.55. The van der Waals surface area contributed by atoms with Crippen LogP contribution in [0.2, 0.25) is 5.02 Å². The van der Waals surface area contributed by atoms with Gasteiger partial charge in [-0.1, -0.05) is 35.9 Å². The summed E-state index contributed by atoms with van der Waals surface area (Å²) in [6, 6.07) is 18.4. The fourth-order valence-electron chi connectivity index (χ4n) is 2.99. The van der Waals surface area contributed by atoms with Crippen molar-refractivity contribution in [3.05, 3.63) is 87.9 Å². The Labute approximate surface area is 174 Å². The number of rotatable bonds is 8. The summed E-state index contributed by atoms with van der Waals surface area (Å²) in [7, 11) is 1.60. The van der Waals surface area contributed by atoms with E-state index in [2.05, 4.69) is 5.32 Å². The second-order valence-corrected chi connectivity index (χ2v) is 6.98. The summed E-state index contributed by atoms with van der Waals surface area (Å²) in [5, 5.41) is 13.2. The highest BCUT2D eigenvalue weighted by Crippen LogP contribution is 2.30. The number of carboxylic acid groups (broad SMARTS) is 1. The van der Waals surface area contributed by atoms with Gasteiger partial charge in [0.05, 0.1) is 12.7 Å². The van der Waals surface area contributed by atoms with Crippen LogP contribution in [0.1, 0.15) is 27.0 Å². The standard InChI is InChI=1S/C23H22ClNO4/c1-15-19(23(26)27)7-4-8-20(15)25-13-16-9-10-21(22(12-16)28-2)29-14-17-5-3-6-18(24)11-17/h3-12,25H,13-14H2,1-2H3,(H,26,27). The Bertz CT molecular complexity index is 1020. The van der Waals surface area contributed by atoms with Gasteiger partial charge in [-0.15, -0.1) is 0 Å². The minimum Gasteiger partial charge on any atom is -0.493 e. The summed E-state index contributed by atoms with van der Waals surface area (Å²) in [4.78, 5) is 11.3. The number of aromatic carboxylic acids is 1. The molecule has 0 saturated carbocycles. The van der Waals surface area contributed by atoms with Crippen LogP contribution in [0, 0.1) is 6.92 Å². The summed E-state index contributed by atoms with van der Waals surface area (Å²) >= 11 is 6.01. The molecule has 0 fully saturated rings. The fraction of sp³-hybridized carbons (Fsp3) is 0.174. The Morgan fingerprint density at radius 1 is 1.03 bits per heavy atom. The normalized spacial score (nSPS) is 10.4. The van der Waals surface area contributed by atoms with Crippen LogP contribution >= 0.6 is 11.6 Å². The highest BCUT2D eigenvalue weighted by Gasteiger charge is 2.11. The molecular formula is C23H22ClNO4. The van der Waals surface area contributed by atoms with Gasteiger partial charge >= 0.3 is 5.97 Å². The second-order valence-electron chi connectivity index (χ2n) is 6.54. The van der Waals surface area contributed by atoms with E-state index in [1.54, 1.807) is 26.2 Å². The van der Waals surface area contributed by atoms with Crippen molar-refractivity contribution < 1.29 is 19.4 Å². The van der Waals surface area contributed by atoms with Gasteiger partial charge in [0, 0.05) is 17.3 Å². The smallest absolute Gasteiger partial charge is 0.336 e. The summed E-state index contributed by atoms with van der Waals surface area (Å²) in [6.45, 7) is 2.70. The van der Waals surface area contributed by atoms with Gasteiger partial charge in [-0.2, -0.15) is 0 Å². The third kappa shape index (κ3) is 5.21. The lowest BCUT2D eigenvalue weighted by Gasteiger charge is -2.14. The molecule has 0 unspecified atom stereocenters. The Morgan fingerprint density at radius 3 is 2.55 bits per heavy atom. The molecule has 0 saturated heterocycles. The van der Waals surface area contributed by atoms with Crippen LogP contribution in [0.25, 0.3) is 0 Å². The Balaban J connectivity index is 1.69. The third-order valence-electron chi connectivity index (χ3n) is 4.56. The van der Waals surface area contributed by atoms with Crippen LogP contribution in [-0.2, 0) is 13.2 Å². The van der Waals surface area contributed by atoms with E-state index >= 15 is 0 Å². The first-order chi connectivity index (χ1) is 14.0. The molecule has 3 aromatic carbocycles. The molecule has 0 heterocycles. The molecular weight excluding hydrogens is 390 g/mol. The minimum absolute atomic E-state index is 0.289. The van der Waals surface area contributed by atoms with E-state index in [4.69, 9.17) is 21.1 Å². The van der Waals surface area contributed by atoms with Crippen molar-refractivity contribution in [2.75, 3.05) is 12.4 Å². The zero-order valence-electron chi connectivity index (χ0n) is 16.2. The average molecular weight is 412 g/mol. The van der Waals surface area contributed by atoms with E-state index in [1.165, 1.54) is 0 Å². The van der Waals surface area contributed by atoms with Crippen molar-refractivity contribution in [3.8, 4) is 11.5 Å². The third-order valence-corrected chi connectivity index (χ3v) is 4.79. The van der Waals surface area contributed by atoms with Crippen LogP contribution in [0.15, 0.2) is 60.7 Å². The minimum atomic E-state index is -0.936. The second kappa shape index (κ2) is 9.34. The van der Waals surface area contributed by atoms with Gasteiger partial charge in [0.1, 0.15) is 6.61 Å². The van der Waals surface area contributed by atoms with E-state index in [1.807, 2.05) is 48.5 Å². The number of ether oxygens (including phenoxy) is 2. The largest absolute Gasteiger partial charge is 0.493 e. The molecule has 150 valence electrons. The van der Waals surface area contributed by atoms with Gasteiger partial charge < -0.3 is 19.9 Å². The molecule has 2 N–H and O–H groups in total. The lowest BCUT2D eigenvalue weighted by atomic mass is 10.1. The number of methoxy groups -OCH3 is 1.